The molecule has 0 atom stereocenters. The Morgan fingerprint density at radius 3 is 1.65 bits per heavy atom. The molecule has 2 nitrogen and oxygen atoms in total. The van der Waals surface area contributed by atoms with Crippen LogP contribution in [-0.4, -0.2) is 41.9 Å². The van der Waals surface area contributed by atoms with E-state index in [-0.39, 0.29) is 6.10 Å². The van der Waals surface area contributed by atoms with Crippen molar-refractivity contribution in [3.05, 3.63) is 0 Å². The van der Waals surface area contributed by atoms with Gasteiger partial charge in [0.05, 0.1) is 5.92 Å². The summed E-state index contributed by atoms with van der Waals surface area (Å²) >= 11 is 0. The largest absolute Gasteiger partial charge is 0.462 e. The minimum atomic E-state index is -7.39. The summed E-state index contributed by atoms with van der Waals surface area (Å²) in [4.78, 5) is 12.3. The number of carbonyl (C=O) groups is 1. The molecule has 0 aromatic carbocycles. The number of hydrogen-bond donors (Lipinski definition) is 0. The molecule has 2 fully saturated rings. The molecule has 0 spiro atoms. The average molecular weight is 520 g/mol. The van der Waals surface area contributed by atoms with Crippen molar-refractivity contribution in [1.29, 1.82) is 0 Å². The molecule has 0 aromatic rings. The Bertz CT molecular complexity index is 689. The Labute approximate surface area is 189 Å². The molecule has 0 aliphatic heterocycles. The van der Waals surface area contributed by atoms with Crippen molar-refractivity contribution in [2.24, 2.45) is 17.8 Å². The van der Waals surface area contributed by atoms with Crippen molar-refractivity contribution >= 4 is 5.97 Å². The lowest BCUT2D eigenvalue weighted by Crippen LogP contribution is -2.67. The van der Waals surface area contributed by atoms with Crippen LogP contribution in [0.5, 0.6) is 0 Å². The van der Waals surface area contributed by atoms with Crippen LogP contribution in [0.25, 0.3) is 0 Å². The second-order valence-electron chi connectivity index (χ2n) is 9.26. The van der Waals surface area contributed by atoms with Crippen molar-refractivity contribution in [3.63, 3.8) is 0 Å². The molecular formula is C21H27F11O2. The zero-order valence-corrected chi connectivity index (χ0v) is 18.4. The van der Waals surface area contributed by atoms with Crippen LogP contribution in [0.2, 0.25) is 0 Å². The minimum absolute atomic E-state index is 0.382. The Kier molecular flexibility index (Phi) is 8.50. The van der Waals surface area contributed by atoms with Gasteiger partial charge in [0, 0.05) is 5.92 Å². The summed E-state index contributed by atoms with van der Waals surface area (Å²) < 4.78 is 151. The van der Waals surface area contributed by atoms with Crippen LogP contribution in [0.3, 0.4) is 0 Å². The zero-order chi connectivity index (χ0) is 26.2. The van der Waals surface area contributed by atoms with Gasteiger partial charge < -0.3 is 4.74 Å². The van der Waals surface area contributed by atoms with Crippen LogP contribution in [0, 0.1) is 17.8 Å². The molecule has 2 saturated carbocycles. The molecule has 0 aromatic heterocycles. The molecule has 13 heteroatoms. The highest BCUT2D eigenvalue weighted by molar-refractivity contribution is 5.72. The van der Waals surface area contributed by atoms with Gasteiger partial charge in [0.25, 0.3) is 0 Å². The number of esters is 1. The SMILES string of the molecule is CCC[C@H]1CC[C@H](OC(=O)[C@H]2CC[C@H](C(F)(F)C(F)(F)C(F)(F)C(F)(F)C(F)(F)F)CC2)CC1. The second-order valence-corrected chi connectivity index (χ2v) is 9.26. The highest BCUT2D eigenvalue weighted by Gasteiger charge is 2.87. The first-order valence-corrected chi connectivity index (χ1v) is 11.2. The molecule has 0 unspecified atom stereocenters. The number of hydrogen-bond acceptors (Lipinski definition) is 2. The first-order valence-electron chi connectivity index (χ1n) is 11.2. The molecule has 0 amide bonds. The van der Waals surface area contributed by atoms with Crippen LogP contribution >= 0.6 is 0 Å². The fourth-order valence-corrected chi connectivity index (χ4v) is 4.74. The fourth-order valence-electron chi connectivity index (χ4n) is 4.74. The van der Waals surface area contributed by atoms with Crippen LogP contribution in [0.15, 0.2) is 0 Å². The summed E-state index contributed by atoms with van der Waals surface area (Å²) in [6, 6.07) is 0. The second kappa shape index (κ2) is 9.99. The highest BCUT2D eigenvalue weighted by atomic mass is 19.4. The molecule has 0 heterocycles. The first kappa shape index (κ1) is 28.9. The lowest BCUT2D eigenvalue weighted by atomic mass is 9.76. The summed E-state index contributed by atoms with van der Waals surface area (Å²) in [5.74, 6) is -31.5. The van der Waals surface area contributed by atoms with Crippen LogP contribution in [0.4, 0.5) is 48.3 Å². The van der Waals surface area contributed by atoms with E-state index in [0.29, 0.717) is 18.8 Å². The van der Waals surface area contributed by atoms with E-state index in [9.17, 15) is 53.1 Å². The van der Waals surface area contributed by atoms with Crippen LogP contribution < -0.4 is 0 Å². The van der Waals surface area contributed by atoms with Crippen LogP contribution in [0.1, 0.15) is 71.1 Å². The van der Waals surface area contributed by atoms with Gasteiger partial charge in [-0.15, -0.1) is 0 Å². The molecule has 200 valence electrons. The smallest absolute Gasteiger partial charge is 0.460 e. The molecule has 0 bridgehead atoms. The van der Waals surface area contributed by atoms with Crippen molar-refractivity contribution < 1.29 is 57.8 Å². The van der Waals surface area contributed by atoms with Gasteiger partial charge in [-0.05, 0) is 57.3 Å². The monoisotopic (exact) mass is 520 g/mol. The molecule has 2 aliphatic rings. The van der Waals surface area contributed by atoms with Crippen molar-refractivity contribution in [1.82, 2.24) is 0 Å². The number of halogens is 11. The van der Waals surface area contributed by atoms with E-state index in [1.165, 1.54) is 0 Å². The molecule has 2 rings (SSSR count). The summed E-state index contributed by atoms with van der Waals surface area (Å²) in [5, 5.41) is 0. The topological polar surface area (TPSA) is 26.3 Å². The Morgan fingerprint density at radius 1 is 0.706 bits per heavy atom. The Balaban J connectivity index is 2.00. The normalized spacial score (nSPS) is 28.0. The van der Waals surface area contributed by atoms with Gasteiger partial charge in [0.1, 0.15) is 6.10 Å². The van der Waals surface area contributed by atoms with Gasteiger partial charge in [0.2, 0.25) is 0 Å². The predicted molar refractivity (Wildman–Crippen MR) is 98.0 cm³/mol. The third-order valence-corrected chi connectivity index (χ3v) is 6.91. The summed E-state index contributed by atoms with van der Waals surface area (Å²) in [7, 11) is 0. The van der Waals surface area contributed by atoms with E-state index < -0.39 is 73.4 Å². The van der Waals surface area contributed by atoms with Crippen molar-refractivity contribution in [2.45, 2.75) is 107 Å². The summed E-state index contributed by atoms with van der Waals surface area (Å²) in [5.41, 5.74) is 0. The maximum atomic E-state index is 14.3. The van der Waals surface area contributed by atoms with E-state index in [0.717, 1.165) is 25.7 Å². The van der Waals surface area contributed by atoms with E-state index in [4.69, 9.17) is 4.74 Å². The van der Waals surface area contributed by atoms with E-state index in [1.54, 1.807) is 0 Å². The van der Waals surface area contributed by atoms with Gasteiger partial charge in [-0.2, -0.15) is 48.3 Å². The van der Waals surface area contributed by atoms with Crippen LogP contribution in [-0.2, 0) is 9.53 Å². The lowest BCUT2D eigenvalue weighted by Gasteiger charge is -2.41. The van der Waals surface area contributed by atoms with E-state index >= 15 is 0 Å². The minimum Gasteiger partial charge on any atom is -0.462 e. The summed E-state index contributed by atoms with van der Waals surface area (Å²) in [6.07, 6.45) is -5.43. The zero-order valence-electron chi connectivity index (χ0n) is 18.4. The standard InChI is InChI=1S/C21H27F11O2/c1-2-3-12-4-10-15(11-5-12)34-16(33)13-6-8-14(9-7-13)17(22,23)18(24,25)19(26,27)20(28,29)21(30,31)32/h12-15H,2-11H2,1H3/t12-,13-,14-,15-. The van der Waals surface area contributed by atoms with Gasteiger partial charge in [-0.25, -0.2) is 0 Å². The Morgan fingerprint density at radius 2 is 1.21 bits per heavy atom. The Hall–Kier alpha value is -1.30. The number of alkyl halides is 11. The maximum Gasteiger partial charge on any atom is 0.460 e. The molecule has 0 saturated heterocycles. The highest BCUT2D eigenvalue weighted by Crippen LogP contribution is 2.60. The molecular weight excluding hydrogens is 493 g/mol. The third kappa shape index (κ3) is 5.27. The first-order chi connectivity index (χ1) is 15.4. The predicted octanol–water partition coefficient (Wildman–Crippen LogP) is 7.80. The molecule has 34 heavy (non-hydrogen) atoms. The van der Waals surface area contributed by atoms with Crippen molar-refractivity contribution in [3.8, 4) is 0 Å². The lowest BCUT2D eigenvalue weighted by molar-refractivity contribution is -0.427. The molecule has 2 aliphatic carbocycles. The third-order valence-electron chi connectivity index (χ3n) is 6.91. The quantitative estimate of drug-likeness (QED) is 0.241. The number of ether oxygens (including phenoxy) is 1. The van der Waals surface area contributed by atoms with Gasteiger partial charge >= 0.3 is 35.8 Å². The number of carbonyl (C=O) groups excluding carboxylic acids is 1. The van der Waals surface area contributed by atoms with Gasteiger partial charge in [-0.3, -0.25) is 4.79 Å². The van der Waals surface area contributed by atoms with Gasteiger partial charge in [0.15, 0.2) is 0 Å². The maximum absolute atomic E-state index is 14.3. The van der Waals surface area contributed by atoms with E-state index in [1.807, 2.05) is 6.92 Å². The average Bonchev–Trinajstić information content (AvgIpc) is 2.74. The number of rotatable bonds is 8. The van der Waals surface area contributed by atoms with Crippen molar-refractivity contribution in [2.75, 3.05) is 0 Å². The molecule has 0 radical (unpaired) electrons. The van der Waals surface area contributed by atoms with E-state index in [2.05, 4.69) is 0 Å². The fraction of sp³-hybridized carbons (Fsp3) is 0.952. The van der Waals surface area contributed by atoms with Gasteiger partial charge in [-0.1, -0.05) is 19.8 Å². The summed E-state index contributed by atoms with van der Waals surface area (Å²) in [6.45, 7) is 2.05. The molecule has 0 N–H and O–H groups in total.